The highest BCUT2D eigenvalue weighted by molar-refractivity contribution is 4.91. The van der Waals surface area contributed by atoms with E-state index in [4.69, 9.17) is 26.4 Å². The zero-order valence-corrected chi connectivity index (χ0v) is 6.43. The number of alkyl halides is 1. The number of ether oxygens (including phenoxy) is 1. The van der Waals surface area contributed by atoms with Crippen LogP contribution in [0.4, 0.5) is 4.39 Å². The second-order valence-corrected chi connectivity index (χ2v) is 2.81. The van der Waals surface area contributed by atoms with Gasteiger partial charge in [0.15, 0.2) is 12.5 Å². The Hall–Kier alpha value is -0.270. The molecule has 0 aliphatic carbocycles. The monoisotopic (exact) mass is 180 g/mol. The Morgan fingerprint density at radius 3 is 2.50 bits per heavy atom. The maximum Gasteiger partial charge on any atom is 0.172 e. The average molecular weight is 180 g/mol. The molecule has 0 aromatic carbocycles. The van der Waals surface area contributed by atoms with Crippen LogP contribution in [-0.2, 0) is 4.74 Å². The summed E-state index contributed by atoms with van der Waals surface area (Å²) in [7, 11) is 0. The van der Waals surface area contributed by atoms with Crippen molar-refractivity contribution in [2.24, 2.45) is 11.5 Å². The van der Waals surface area contributed by atoms with Crippen LogP contribution in [0.3, 0.4) is 0 Å². The first-order valence-electron chi connectivity index (χ1n) is 3.69. The number of rotatable bonds is 1. The van der Waals surface area contributed by atoms with Gasteiger partial charge in [0.1, 0.15) is 12.2 Å². The highest BCUT2D eigenvalue weighted by Crippen LogP contribution is 2.20. The Balaban J connectivity index is 2.63. The molecule has 1 rings (SSSR count). The van der Waals surface area contributed by atoms with Crippen LogP contribution in [0.2, 0.25) is 0 Å². The van der Waals surface area contributed by atoms with Crippen LogP contribution >= 0.6 is 0 Å². The number of aliphatic hydroxyl groups is 2. The van der Waals surface area contributed by atoms with Crippen LogP contribution in [0.25, 0.3) is 0 Å². The minimum atomic E-state index is -1.63. The molecule has 5 atom stereocenters. The Kier molecular flexibility index (Phi) is 2.97. The van der Waals surface area contributed by atoms with Crippen molar-refractivity contribution >= 4 is 0 Å². The molecular formula is C6H13FN2O3. The first kappa shape index (κ1) is 9.82. The molecule has 0 spiro atoms. The molecule has 0 unspecified atom stereocenters. The van der Waals surface area contributed by atoms with E-state index in [0.29, 0.717) is 0 Å². The Morgan fingerprint density at radius 2 is 2.00 bits per heavy atom. The van der Waals surface area contributed by atoms with Crippen LogP contribution in [0, 0.1) is 0 Å². The molecule has 6 heteroatoms. The van der Waals surface area contributed by atoms with E-state index >= 15 is 0 Å². The van der Waals surface area contributed by atoms with Gasteiger partial charge in [-0.2, -0.15) is 0 Å². The van der Waals surface area contributed by atoms with E-state index in [2.05, 4.69) is 0 Å². The lowest BCUT2D eigenvalue weighted by Crippen LogP contribution is -2.61. The molecular weight excluding hydrogens is 167 g/mol. The molecule has 1 heterocycles. The zero-order valence-electron chi connectivity index (χ0n) is 6.43. The third-order valence-corrected chi connectivity index (χ3v) is 1.95. The standard InChI is InChI=1S/C6H13FN2O3/c7-3-2(1-8)12-6(11)4(9)5(3)10/h2-6,10-11H,1,8-9H2/t2-,3-,4-,5+,6+/m1/s1. The van der Waals surface area contributed by atoms with E-state index in [1.165, 1.54) is 0 Å². The Labute approximate surface area is 69.1 Å². The van der Waals surface area contributed by atoms with Crippen molar-refractivity contribution in [3.05, 3.63) is 0 Å². The molecule has 1 aliphatic rings. The molecule has 0 bridgehead atoms. The van der Waals surface area contributed by atoms with Gasteiger partial charge in [0.2, 0.25) is 0 Å². The quantitative estimate of drug-likeness (QED) is 0.363. The average Bonchev–Trinajstić information content (AvgIpc) is 2.08. The SMILES string of the molecule is NC[C@H]1O[C@H](O)[C@H](N)[C@@H](O)[C@@H]1F. The molecule has 1 fully saturated rings. The Morgan fingerprint density at radius 1 is 1.42 bits per heavy atom. The number of hydrogen-bond acceptors (Lipinski definition) is 5. The van der Waals surface area contributed by atoms with E-state index in [-0.39, 0.29) is 6.54 Å². The predicted octanol–water partition coefficient (Wildman–Crippen LogP) is -2.31. The lowest BCUT2D eigenvalue weighted by molar-refractivity contribution is -0.224. The maximum atomic E-state index is 13.0. The molecule has 0 aromatic heterocycles. The lowest BCUT2D eigenvalue weighted by atomic mass is 9.99. The Bertz CT molecular complexity index is 155. The van der Waals surface area contributed by atoms with Gasteiger partial charge in [0.25, 0.3) is 0 Å². The highest BCUT2D eigenvalue weighted by atomic mass is 19.1. The molecule has 1 saturated heterocycles. The van der Waals surface area contributed by atoms with Crippen molar-refractivity contribution in [2.45, 2.75) is 30.7 Å². The number of hydrogen-bond donors (Lipinski definition) is 4. The van der Waals surface area contributed by atoms with Crippen molar-refractivity contribution < 1.29 is 19.3 Å². The van der Waals surface area contributed by atoms with Gasteiger partial charge in [0.05, 0.1) is 6.04 Å². The normalized spacial score (nSPS) is 49.2. The highest BCUT2D eigenvalue weighted by Gasteiger charge is 2.42. The van der Waals surface area contributed by atoms with E-state index in [9.17, 15) is 4.39 Å². The summed E-state index contributed by atoms with van der Waals surface area (Å²) in [5.74, 6) is 0. The second kappa shape index (κ2) is 3.63. The smallest absolute Gasteiger partial charge is 0.172 e. The van der Waals surface area contributed by atoms with E-state index < -0.39 is 30.7 Å². The van der Waals surface area contributed by atoms with Crippen molar-refractivity contribution in [3.63, 3.8) is 0 Å². The maximum absolute atomic E-state index is 13.0. The minimum absolute atomic E-state index is 0.0952. The van der Waals surface area contributed by atoms with Crippen LogP contribution in [0.1, 0.15) is 0 Å². The summed E-state index contributed by atoms with van der Waals surface area (Å²) in [6.07, 6.45) is -5.37. The summed E-state index contributed by atoms with van der Waals surface area (Å²) >= 11 is 0. The molecule has 1 aliphatic heterocycles. The van der Waals surface area contributed by atoms with Crippen LogP contribution in [0.15, 0.2) is 0 Å². The first-order valence-corrected chi connectivity index (χ1v) is 3.69. The zero-order chi connectivity index (χ0) is 9.30. The minimum Gasteiger partial charge on any atom is -0.388 e. The van der Waals surface area contributed by atoms with Gasteiger partial charge in [0, 0.05) is 6.54 Å². The fraction of sp³-hybridized carbons (Fsp3) is 1.00. The summed E-state index contributed by atoms with van der Waals surface area (Å²) in [6.45, 7) is -0.0952. The van der Waals surface area contributed by atoms with Crippen LogP contribution in [-0.4, -0.2) is 47.5 Å². The second-order valence-electron chi connectivity index (χ2n) is 2.81. The van der Waals surface area contributed by atoms with Crippen LogP contribution < -0.4 is 11.5 Å². The topological polar surface area (TPSA) is 102 Å². The fourth-order valence-electron chi connectivity index (χ4n) is 1.13. The summed E-state index contributed by atoms with van der Waals surface area (Å²) in [4.78, 5) is 0. The number of aliphatic hydroxyl groups excluding tert-OH is 2. The van der Waals surface area contributed by atoms with Gasteiger partial charge < -0.3 is 26.4 Å². The molecule has 12 heavy (non-hydrogen) atoms. The fourth-order valence-corrected chi connectivity index (χ4v) is 1.13. The van der Waals surface area contributed by atoms with Gasteiger partial charge in [-0.05, 0) is 0 Å². The molecule has 0 aromatic rings. The van der Waals surface area contributed by atoms with Gasteiger partial charge in [-0.25, -0.2) is 4.39 Å². The lowest BCUT2D eigenvalue weighted by Gasteiger charge is -2.37. The largest absolute Gasteiger partial charge is 0.388 e. The summed E-state index contributed by atoms with van der Waals surface area (Å²) in [6, 6.07) is -1.11. The molecule has 0 amide bonds. The van der Waals surface area contributed by atoms with Gasteiger partial charge in [-0.3, -0.25) is 0 Å². The van der Waals surface area contributed by atoms with Crippen molar-refractivity contribution in [3.8, 4) is 0 Å². The van der Waals surface area contributed by atoms with E-state index in [1.54, 1.807) is 0 Å². The molecule has 0 radical (unpaired) electrons. The predicted molar refractivity (Wildman–Crippen MR) is 38.8 cm³/mol. The van der Waals surface area contributed by atoms with Crippen LogP contribution in [0.5, 0.6) is 0 Å². The number of nitrogens with two attached hydrogens (primary N) is 2. The summed E-state index contributed by atoms with van der Waals surface area (Å²) in [5.41, 5.74) is 10.4. The van der Waals surface area contributed by atoms with Gasteiger partial charge in [-0.1, -0.05) is 0 Å². The third kappa shape index (κ3) is 1.57. The molecule has 0 saturated carbocycles. The van der Waals surface area contributed by atoms with Crippen molar-refractivity contribution in [1.82, 2.24) is 0 Å². The van der Waals surface area contributed by atoms with Crippen molar-refractivity contribution in [1.29, 1.82) is 0 Å². The van der Waals surface area contributed by atoms with E-state index in [1.807, 2.05) is 0 Å². The molecule has 5 nitrogen and oxygen atoms in total. The summed E-state index contributed by atoms with van der Waals surface area (Å²) < 4.78 is 17.7. The number of halogens is 1. The molecule has 72 valence electrons. The van der Waals surface area contributed by atoms with Gasteiger partial charge >= 0.3 is 0 Å². The van der Waals surface area contributed by atoms with Gasteiger partial charge in [-0.15, -0.1) is 0 Å². The first-order chi connectivity index (χ1) is 5.57. The molecule has 6 N–H and O–H groups in total. The third-order valence-electron chi connectivity index (χ3n) is 1.95. The van der Waals surface area contributed by atoms with Crippen molar-refractivity contribution in [2.75, 3.05) is 6.54 Å². The summed E-state index contributed by atoms with van der Waals surface area (Å²) in [5, 5.41) is 18.2. The van der Waals surface area contributed by atoms with E-state index in [0.717, 1.165) is 0 Å².